The van der Waals surface area contributed by atoms with E-state index in [2.05, 4.69) is 0 Å². The molecule has 3 nitrogen and oxygen atoms in total. The van der Waals surface area contributed by atoms with Gasteiger partial charge in [0, 0.05) is 26.6 Å². The zero-order valence-electron chi connectivity index (χ0n) is 9.61. The zero-order valence-corrected chi connectivity index (χ0v) is 9.61. The van der Waals surface area contributed by atoms with Gasteiger partial charge in [-0.1, -0.05) is 6.42 Å². The van der Waals surface area contributed by atoms with Crippen molar-refractivity contribution in [3.8, 4) is 0 Å². The molecule has 2 fully saturated rings. The second-order valence-electron chi connectivity index (χ2n) is 5.24. The molecule has 0 aromatic carbocycles. The molecule has 0 radical (unpaired) electrons. The second-order valence-corrected chi connectivity index (χ2v) is 5.24. The van der Waals surface area contributed by atoms with Crippen LogP contribution in [0.15, 0.2) is 0 Å². The van der Waals surface area contributed by atoms with E-state index in [1.54, 1.807) is 4.90 Å². The second kappa shape index (κ2) is 4.52. The summed E-state index contributed by atoms with van der Waals surface area (Å²) in [7, 11) is 1.86. The molecule has 2 rings (SSSR count). The first-order valence-corrected chi connectivity index (χ1v) is 6.14. The minimum atomic E-state index is 0.290. The van der Waals surface area contributed by atoms with E-state index in [4.69, 9.17) is 5.73 Å². The fourth-order valence-electron chi connectivity index (χ4n) is 3.32. The van der Waals surface area contributed by atoms with Crippen molar-refractivity contribution in [1.29, 1.82) is 0 Å². The first-order chi connectivity index (χ1) is 7.20. The van der Waals surface area contributed by atoms with Crippen LogP contribution in [-0.4, -0.2) is 30.9 Å². The summed E-state index contributed by atoms with van der Waals surface area (Å²) in [5, 5.41) is 0. The zero-order chi connectivity index (χ0) is 10.8. The van der Waals surface area contributed by atoms with Crippen LogP contribution in [-0.2, 0) is 4.79 Å². The third-order valence-corrected chi connectivity index (χ3v) is 4.21. The van der Waals surface area contributed by atoms with Crippen molar-refractivity contribution in [2.45, 2.75) is 32.1 Å². The van der Waals surface area contributed by atoms with Crippen molar-refractivity contribution in [3.63, 3.8) is 0 Å². The van der Waals surface area contributed by atoms with E-state index < -0.39 is 0 Å². The lowest BCUT2D eigenvalue weighted by atomic mass is 9.86. The molecule has 0 aliphatic heterocycles. The lowest BCUT2D eigenvalue weighted by Crippen LogP contribution is -2.33. The molecule has 2 N–H and O–H groups in total. The molecule has 0 saturated heterocycles. The summed E-state index contributed by atoms with van der Waals surface area (Å²) in [4.78, 5) is 13.6. The Bertz CT molecular complexity index is 242. The number of likely N-dealkylation sites (N-methyl/N-ethyl adjacent to an activating group) is 1. The van der Waals surface area contributed by atoms with E-state index in [-0.39, 0.29) is 5.91 Å². The van der Waals surface area contributed by atoms with E-state index in [0.29, 0.717) is 19.0 Å². The largest absolute Gasteiger partial charge is 0.344 e. The van der Waals surface area contributed by atoms with Gasteiger partial charge in [0.25, 0.3) is 0 Å². The molecular weight excluding hydrogens is 188 g/mol. The molecule has 3 heteroatoms. The number of nitrogens with two attached hydrogens (primary N) is 1. The Labute approximate surface area is 92.0 Å². The standard InChI is InChI=1S/C12H22N2O/c1-14(5-4-13)12(15)8-11-7-9-2-3-10(11)6-9/h9-11H,2-8,13H2,1H3. The molecule has 3 atom stereocenters. The summed E-state index contributed by atoms with van der Waals surface area (Å²) in [5.41, 5.74) is 5.44. The van der Waals surface area contributed by atoms with Crippen LogP contribution in [0.3, 0.4) is 0 Å². The van der Waals surface area contributed by atoms with Gasteiger partial charge in [0.05, 0.1) is 0 Å². The quantitative estimate of drug-likeness (QED) is 0.758. The smallest absolute Gasteiger partial charge is 0.222 e. The Morgan fingerprint density at radius 1 is 1.40 bits per heavy atom. The van der Waals surface area contributed by atoms with Gasteiger partial charge in [0.1, 0.15) is 0 Å². The minimum Gasteiger partial charge on any atom is -0.344 e. The van der Waals surface area contributed by atoms with Crippen LogP contribution in [0.5, 0.6) is 0 Å². The molecule has 86 valence electrons. The fourth-order valence-corrected chi connectivity index (χ4v) is 3.32. The van der Waals surface area contributed by atoms with Crippen LogP contribution < -0.4 is 5.73 Å². The van der Waals surface area contributed by atoms with E-state index in [1.165, 1.54) is 25.7 Å². The van der Waals surface area contributed by atoms with E-state index in [9.17, 15) is 4.79 Å². The molecule has 1 amide bonds. The number of hydrogen-bond donors (Lipinski definition) is 1. The predicted molar refractivity (Wildman–Crippen MR) is 60.2 cm³/mol. The Morgan fingerprint density at radius 3 is 2.73 bits per heavy atom. The molecular formula is C12H22N2O. The molecule has 2 aliphatic rings. The van der Waals surface area contributed by atoms with Crippen LogP contribution in [0.2, 0.25) is 0 Å². The Hall–Kier alpha value is -0.570. The van der Waals surface area contributed by atoms with Crippen LogP contribution >= 0.6 is 0 Å². The van der Waals surface area contributed by atoms with Crippen molar-refractivity contribution < 1.29 is 4.79 Å². The third kappa shape index (κ3) is 2.33. The highest BCUT2D eigenvalue weighted by atomic mass is 16.2. The molecule has 0 aromatic rings. The molecule has 0 aromatic heterocycles. The van der Waals surface area contributed by atoms with Gasteiger partial charge < -0.3 is 10.6 Å². The Morgan fingerprint density at radius 2 is 2.20 bits per heavy atom. The van der Waals surface area contributed by atoms with Crippen LogP contribution in [0.1, 0.15) is 32.1 Å². The highest BCUT2D eigenvalue weighted by molar-refractivity contribution is 5.76. The number of carbonyl (C=O) groups is 1. The number of fused-ring (bicyclic) bond motifs is 2. The van der Waals surface area contributed by atoms with Gasteiger partial charge in [-0.15, -0.1) is 0 Å². The Kier molecular flexibility index (Phi) is 3.29. The maximum atomic E-state index is 11.8. The number of amides is 1. The van der Waals surface area contributed by atoms with E-state index in [0.717, 1.165) is 18.3 Å². The minimum absolute atomic E-state index is 0.290. The normalized spacial score (nSPS) is 33.3. The molecule has 2 aliphatic carbocycles. The lowest BCUT2D eigenvalue weighted by Gasteiger charge is -2.24. The summed E-state index contributed by atoms with van der Waals surface area (Å²) in [5.74, 6) is 2.76. The highest BCUT2D eigenvalue weighted by Crippen LogP contribution is 2.49. The SMILES string of the molecule is CN(CCN)C(=O)CC1CC2CCC1C2. The summed E-state index contributed by atoms with van der Waals surface area (Å²) >= 11 is 0. The monoisotopic (exact) mass is 210 g/mol. The Balaban J connectivity index is 1.79. The highest BCUT2D eigenvalue weighted by Gasteiger charge is 2.40. The van der Waals surface area contributed by atoms with E-state index in [1.807, 2.05) is 7.05 Å². The third-order valence-electron chi connectivity index (χ3n) is 4.21. The van der Waals surface area contributed by atoms with Crippen LogP contribution in [0, 0.1) is 17.8 Å². The van der Waals surface area contributed by atoms with Crippen molar-refractivity contribution in [2.75, 3.05) is 20.1 Å². The number of rotatable bonds is 4. The first kappa shape index (κ1) is 10.9. The molecule has 0 heterocycles. The lowest BCUT2D eigenvalue weighted by molar-refractivity contribution is -0.131. The van der Waals surface area contributed by atoms with E-state index >= 15 is 0 Å². The van der Waals surface area contributed by atoms with Crippen molar-refractivity contribution in [2.24, 2.45) is 23.5 Å². The first-order valence-electron chi connectivity index (χ1n) is 6.14. The topological polar surface area (TPSA) is 46.3 Å². The van der Waals surface area contributed by atoms with Gasteiger partial charge in [-0.3, -0.25) is 4.79 Å². The predicted octanol–water partition coefficient (Wildman–Crippen LogP) is 1.23. The molecule has 15 heavy (non-hydrogen) atoms. The van der Waals surface area contributed by atoms with Gasteiger partial charge in [-0.2, -0.15) is 0 Å². The maximum absolute atomic E-state index is 11.8. The van der Waals surface area contributed by atoms with Gasteiger partial charge in [0.15, 0.2) is 0 Å². The summed E-state index contributed by atoms with van der Waals surface area (Å²) in [6.07, 6.45) is 6.22. The van der Waals surface area contributed by atoms with Crippen molar-refractivity contribution in [3.05, 3.63) is 0 Å². The summed E-state index contributed by atoms with van der Waals surface area (Å²) in [6, 6.07) is 0. The average Bonchev–Trinajstić information content (AvgIpc) is 2.79. The molecule has 2 saturated carbocycles. The summed E-state index contributed by atoms with van der Waals surface area (Å²) in [6.45, 7) is 1.26. The molecule has 3 unspecified atom stereocenters. The summed E-state index contributed by atoms with van der Waals surface area (Å²) < 4.78 is 0. The maximum Gasteiger partial charge on any atom is 0.222 e. The van der Waals surface area contributed by atoms with Gasteiger partial charge in [-0.25, -0.2) is 0 Å². The van der Waals surface area contributed by atoms with Gasteiger partial charge in [0.2, 0.25) is 5.91 Å². The number of nitrogens with zero attached hydrogens (tertiary/aromatic N) is 1. The fraction of sp³-hybridized carbons (Fsp3) is 0.917. The van der Waals surface area contributed by atoms with Crippen molar-refractivity contribution >= 4 is 5.91 Å². The van der Waals surface area contributed by atoms with Crippen LogP contribution in [0.25, 0.3) is 0 Å². The van der Waals surface area contributed by atoms with Gasteiger partial charge in [-0.05, 0) is 37.0 Å². The van der Waals surface area contributed by atoms with Gasteiger partial charge >= 0.3 is 0 Å². The van der Waals surface area contributed by atoms with Crippen LogP contribution in [0.4, 0.5) is 0 Å². The molecule has 0 spiro atoms. The number of carbonyl (C=O) groups excluding carboxylic acids is 1. The number of hydrogen-bond acceptors (Lipinski definition) is 2. The van der Waals surface area contributed by atoms with Crippen molar-refractivity contribution in [1.82, 2.24) is 4.90 Å². The average molecular weight is 210 g/mol. The molecule has 2 bridgehead atoms.